The van der Waals surface area contributed by atoms with E-state index >= 15 is 0 Å². The normalized spacial score (nSPS) is 10.2. The minimum absolute atomic E-state index is 0.104. The summed E-state index contributed by atoms with van der Waals surface area (Å²) in [6.07, 6.45) is 0. The molecular formula is C14H13ClN2O3. The van der Waals surface area contributed by atoms with E-state index in [2.05, 4.69) is 0 Å². The van der Waals surface area contributed by atoms with E-state index in [1.165, 1.54) is 6.07 Å². The molecule has 2 rings (SSSR count). The molecule has 0 atom stereocenters. The average Bonchev–Trinajstić information content (AvgIpc) is 2.46. The van der Waals surface area contributed by atoms with Gasteiger partial charge >= 0.3 is 5.69 Å². The Morgan fingerprint density at radius 3 is 2.40 bits per heavy atom. The number of halogens is 1. The number of nitro groups is 1. The van der Waals surface area contributed by atoms with Crippen molar-refractivity contribution in [2.75, 3.05) is 19.1 Å². The maximum atomic E-state index is 11.2. The zero-order chi connectivity index (χ0) is 14.7. The van der Waals surface area contributed by atoms with Crippen LogP contribution >= 0.6 is 11.6 Å². The molecular weight excluding hydrogens is 280 g/mol. The summed E-state index contributed by atoms with van der Waals surface area (Å²) in [6, 6.07) is 12.1. The molecule has 0 aromatic heterocycles. The molecule has 0 spiro atoms. The smallest absolute Gasteiger partial charge is 0.311 e. The van der Waals surface area contributed by atoms with E-state index in [9.17, 15) is 10.1 Å². The van der Waals surface area contributed by atoms with Gasteiger partial charge in [0.1, 0.15) is 16.5 Å². The van der Waals surface area contributed by atoms with Gasteiger partial charge in [0.05, 0.1) is 12.0 Å². The highest BCUT2D eigenvalue weighted by Crippen LogP contribution is 2.37. The van der Waals surface area contributed by atoms with Gasteiger partial charge in [-0.3, -0.25) is 10.1 Å². The van der Waals surface area contributed by atoms with Crippen molar-refractivity contribution in [3.05, 3.63) is 57.6 Å². The Balaban J connectivity index is 2.44. The van der Waals surface area contributed by atoms with E-state index in [-0.39, 0.29) is 10.7 Å². The summed E-state index contributed by atoms with van der Waals surface area (Å²) in [6.45, 7) is 0. The second kappa shape index (κ2) is 5.79. The molecule has 2 aromatic rings. The van der Waals surface area contributed by atoms with E-state index in [4.69, 9.17) is 16.3 Å². The van der Waals surface area contributed by atoms with Gasteiger partial charge in [-0.2, -0.15) is 0 Å². The summed E-state index contributed by atoms with van der Waals surface area (Å²) in [5.74, 6) is 0.725. The predicted molar refractivity (Wildman–Crippen MR) is 79.2 cm³/mol. The molecule has 0 aliphatic heterocycles. The lowest BCUT2D eigenvalue weighted by molar-refractivity contribution is -0.383. The molecule has 0 bridgehead atoms. The first kappa shape index (κ1) is 14.1. The number of benzene rings is 2. The molecule has 0 saturated heterocycles. The number of ether oxygens (including phenoxy) is 1. The summed E-state index contributed by atoms with van der Waals surface area (Å²) < 4.78 is 5.09. The summed E-state index contributed by atoms with van der Waals surface area (Å²) in [4.78, 5) is 12.4. The number of rotatable bonds is 4. The highest BCUT2D eigenvalue weighted by atomic mass is 35.5. The van der Waals surface area contributed by atoms with Crippen LogP contribution in [0.2, 0.25) is 5.02 Å². The average molecular weight is 293 g/mol. The van der Waals surface area contributed by atoms with Gasteiger partial charge in [-0.05, 0) is 36.4 Å². The molecule has 0 aliphatic carbocycles. The molecule has 0 heterocycles. The first-order valence-electron chi connectivity index (χ1n) is 5.85. The Labute approximate surface area is 121 Å². The Kier molecular flexibility index (Phi) is 4.10. The Bertz CT molecular complexity index is 629. The number of methoxy groups -OCH3 is 1. The third kappa shape index (κ3) is 2.67. The number of hydrogen-bond acceptors (Lipinski definition) is 4. The van der Waals surface area contributed by atoms with Crippen LogP contribution in [0.5, 0.6) is 5.75 Å². The van der Waals surface area contributed by atoms with E-state index in [0.29, 0.717) is 5.69 Å². The van der Waals surface area contributed by atoms with Gasteiger partial charge < -0.3 is 9.64 Å². The van der Waals surface area contributed by atoms with Gasteiger partial charge in [-0.15, -0.1) is 0 Å². The molecule has 0 saturated carbocycles. The lowest BCUT2D eigenvalue weighted by Gasteiger charge is -2.19. The lowest BCUT2D eigenvalue weighted by Crippen LogP contribution is -2.11. The fraction of sp³-hybridized carbons (Fsp3) is 0.143. The molecule has 20 heavy (non-hydrogen) atoms. The summed E-state index contributed by atoms with van der Waals surface area (Å²) in [7, 11) is 3.33. The van der Waals surface area contributed by atoms with E-state index in [1.54, 1.807) is 43.3 Å². The first-order chi connectivity index (χ1) is 9.54. The van der Waals surface area contributed by atoms with Gasteiger partial charge in [-0.1, -0.05) is 17.7 Å². The molecule has 5 nitrogen and oxygen atoms in total. The maximum Gasteiger partial charge on any atom is 0.311 e. The van der Waals surface area contributed by atoms with E-state index in [1.807, 2.05) is 12.1 Å². The highest BCUT2D eigenvalue weighted by molar-refractivity contribution is 6.33. The largest absolute Gasteiger partial charge is 0.497 e. The SMILES string of the molecule is COc1ccc(N(C)c2cccc(Cl)c2[N+](=O)[O-])cc1. The van der Waals surface area contributed by atoms with Crippen LogP contribution in [0.25, 0.3) is 0 Å². The van der Waals surface area contributed by atoms with E-state index in [0.717, 1.165) is 11.4 Å². The Hall–Kier alpha value is -2.27. The zero-order valence-electron chi connectivity index (χ0n) is 11.0. The Morgan fingerprint density at radius 2 is 1.85 bits per heavy atom. The van der Waals surface area contributed by atoms with Crippen molar-refractivity contribution >= 4 is 28.7 Å². The minimum Gasteiger partial charge on any atom is -0.497 e. The molecule has 0 aliphatic rings. The van der Waals surface area contributed by atoms with Gasteiger partial charge in [0, 0.05) is 12.7 Å². The quantitative estimate of drug-likeness (QED) is 0.631. The summed E-state index contributed by atoms with van der Waals surface area (Å²) >= 11 is 5.92. The van der Waals surface area contributed by atoms with Crippen molar-refractivity contribution in [2.24, 2.45) is 0 Å². The molecule has 0 unspecified atom stereocenters. The van der Waals surface area contributed by atoms with Crippen LogP contribution in [0.3, 0.4) is 0 Å². The van der Waals surface area contributed by atoms with Crippen molar-refractivity contribution in [1.29, 1.82) is 0 Å². The number of hydrogen-bond donors (Lipinski definition) is 0. The van der Waals surface area contributed by atoms with Crippen molar-refractivity contribution in [1.82, 2.24) is 0 Å². The first-order valence-corrected chi connectivity index (χ1v) is 6.23. The van der Waals surface area contributed by atoms with Crippen LogP contribution in [-0.4, -0.2) is 19.1 Å². The second-order valence-corrected chi connectivity index (χ2v) is 4.53. The third-order valence-corrected chi connectivity index (χ3v) is 3.27. The van der Waals surface area contributed by atoms with Crippen LogP contribution in [0, 0.1) is 10.1 Å². The lowest BCUT2D eigenvalue weighted by atomic mass is 10.2. The number of nitrogens with zero attached hydrogens (tertiary/aromatic N) is 2. The van der Waals surface area contributed by atoms with Gasteiger partial charge in [0.15, 0.2) is 0 Å². The molecule has 6 heteroatoms. The minimum atomic E-state index is -0.475. The van der Waals surface area contributed by atoms with Crippen LogP contribution in [0.1, 0.15) is 0 Å². The third-order valence-electron chi connectivity index (χ3n) is 2.97. The maximum absolute atomic E-state index is 11.2. The van der Waals surface area contributed by atoms with Gasteiger partial charge in [-0.25, -0.2) is 0 Å². The number of para-hydroxylation sites is 1. The van der Waals surface area contributed by atoms with Crippen molar-refractivity contribution in [3.63, 3.8) is 0 Å². The molecule has 104 valence electrons. The van der Waals surface area contributed by atoms with Gasteiger partial charge in [0.25, 0.3) is 0 Å². The molecule has 0 radical (unpaired) electrons. The van der Waals surface area contributed by atoms with Crippen LogP contribution in [0.15, 0.2) is 42.5 Å². The fourth-order valence-electron chi connectivity index (χ4n) is 1.90. The second-order valence-electron chi connectivity index (χ2n) is 4.12. The summed E-state index contributed by atoms with van der Waals surface area (Å²) in [5.41, 5.74) is 1.14. The molecule has 0 fully saturated rings. The van der Waals surface area contributed by atoms with Crippen LogP contribution < -0.4 is 9.64 Å². The van der Waals surface area contributed by atoms with Crippen molar-refractivity contribution in [2.45, 2.75) is 0 Å². The highest BCUT2D eigenvalue weighted by Gasteiger charge is 2.21. The molecule has 2 aromatic carbocycles. The number of nitro benzene ring substituents is 1. The monoisotopic (exact) mass is 292 g/mol. The number of anilines is 2. The fourth-order valence-corrected chi connectivity index (χ4v) is 2.14. The van der Waals surface area contributed by atoms with Gasteiger partial charge in [0.2, 0.25) is 0 Å². The predicted octanol–water partition coefficient (Wildman–Crippen LogP) is 4.02. The van der Waals surface area contributed by atoms with Crippen molar-refractivity contribution in [3.8, 4) is 5.75 Å². The molecule has 0 N–H and O–H groups in total. The summed E-state index contributed by atoms with van der Waals surface area (Å²) in [5, 5.41) is 11.3. The topological polar surface area (TPSA) is 55.6 Å². The van der Waals surface area contributed by atoms with Crippen LogP contribution in [-0.2, 0) is 0 Å². The Morgan fingerprint density at radius 1 is 1.20 bits per heavy atom. The zero-order valence-corrected chi connectivity index (χ0v) is 11.8. The van der Waals surface area contributed by atoms with Crippen molar-refractivity contribution < 1.29 is 9.66 Å². The van der Waals surface area contributed by atoms with E-state index < -0.39 is 4.92 Å². The van der Waals surface area contributed by atoms with Crippen LogP contribution in [0.4, 0.5) is 17.1 Å². The standard InChI is InChI=1S/C14H13ClN2O3/c1-16(10-6-8-11(20-2)9-7-10)13-5-3-4-12(15)14(13)17(18)19/h3-9H,1-2H3. The molecule has 0 amide bonds.